The second-order valence-electron chi connectivity index (χ2n) is 7.78. The molecule has 1 N–H and O–H groups in total. The van der Waals surface area contributed by atoms with Gasteiger partial charge in [-0.05, 0) is 44.6 Å². The van der Waals surface area contributed by atoms with Crippen LogP contribution >= 0.6 is 0 Å². The molecule has 0 amide bonds. The lowest BCUT2D eigenvalue weighted by atomic mass is 9.70. The van der Waals surface area contributed by atoms with Crippen LogP contribution in [0.3, 0.4) is 0 Å². The number of piperazine rings is 1. The summed E-state index contributed by atoms with van der Waals surface area (Å²) in [5.41, 5.74) is 0.541. The third-order valence-electron chi connectivity index (χ3n) is 6.07. The zero-order chi connectivity index (χ0) is 15.3. The molecule has 1 unspecified atom stereocenters. The Balaban J connectivity index is 1.85. The van der Waals surface area contributed by atoms with Crippen molar-refractivity contribution in [3.8, 4) is 0 Å². The lowest BCUT2D eigenvalue weighted by Gasteiger charge is -2.45. The summed E-state index contributed by atoms with van der Waals surface area (Å²) in [4.78, 5) is 5.41. The average molecular weight is 296 g/mol. The highest BCUT2D eigenvalue weighted by atomic mass is 15.3. The molecule has 3 heteroatoms. The van der Waals surface area contributed by atoms with Gasteiger partial charge in [0.2, 0.25) is 0 Å². The first-order valence-electron chi connectivity index (χ1n) is 9.19. The minimum atomic E-state index is 0.541. The van der Waals surface area contributed by atoms with Gasteiger partial charge in [-0.3, -0.25) is 4.90 Å². The standard InChI is InChI=1S/C18H37N3/c1-5-17(3)21-12-10-20(11-13-21)15-18(14-19-4)8-6-16(2)7-9-18/h16-17,19H,5-15H2,1-4H3. The maximum atomic E-state index is 3.48. The SMILES string of the molecule is CCC(C)N1CCN(CC2(CNC)CCC(C)CC2)CC1. The predicted molar refractivity (Wildman–Crippen MR) is 91.8 cm³/mol. The molecule has 1 saturated heterocycles. The van der Waals surface area contributed by atoms with E-state index in [2.05, 4.69) is 42.9 Å². The summed E-state index contributed by atoms with van der Waals surface area (Å²) in [5.74, 6) is 0.942. The second-order valence-corrected chi connectivity index (χ2v) is 7.78. The van der Waals surface area contributed by atoms with Crippen LogP contribution < -0.4 is 5.32 Å². The van der Waals surface area contributed by atoms with Crippen molar-refractivity contribution < 1.29 is 0 Å². The highest BCUT2D eigenvalue weighted by molar-refractivity contribution is 4.90. The zero-order valence-corrected chi connectivity index (χ0v) is 14.8. The molecule has 0 spiro atoms. The van der Waals surface area contributed by atoms with Gasteiger partial charge in [0, 0.05) is 45.3 Å². The first kappa shape index (κ1) is 17.2. The van der Waals surface area contributed by atoms with Crippen molar-refractivity contribution in [3.63, 3.8) is 0 Å². The number of hydrogen-bond acceptors (Lipinski definition) is 3. The number of nitrogens with zero attached hydrogens (tertiary/aromatic N) is 2. The van der Waals surface area contributed by atoms with Gasteiger partial charge >= 0.3 is 0 Å². The van der Waals surface area contributed by atoms with Crippen molar-refractivity contribution >= 4 is 0 Å². The van der Waals surface area contributed by atoms with Crippen LogP contribution in [0.5, 0.6) is 0 Å². The van der Waals surface area contributed by atoms with Crippen molar-refractivity contribution in [1.82, 2.24) is 15.1 Å². The van der Waals surface area contributed by atoms with Gasteiger partial charge in [0.25, 0.3) is 0 Å². The maximum Gasteiger partial charge on any atom is 0.0113 e. The van der Waals surface area contributed by atoms with Gasteiger partial charge in [-0.1, -0.05) is 26.7 Å². The van der Waals surface area contributed by atoms with Crippen LogP contribution in [0.1, 0.15) is 52.9 Å². The molecular formula is C18H37N3. The van der Waals surface area contributed by atoms with E-state index in [4.69, 9.17) is 0 Å². The minimum Gasteiger partial charge on any atom is -0.319 e. The fourth-order valence-electron chi connectivity index (χ4n) is 4.24. The lowest BCUT2D eigenvalue weighted by Crippen LogP contribution is -2.53. The van der Waals surface area contributed by atoms with Crippen LogP contribution in [0.2, 0.25) is 0 Å². The van der Waals surface area contributed by atoms with E-state index in [1.165, 1.54) is 71.4 Å². The third kappa shape index (κ3) is 4.67. The Labute approximate surface area is 132 Å². The summed E-state index contributed by atoms with van der Waals surface area (Å²) in [7, 11) is 2.13. The van der Waals surface area contributed by atoms with E-state index in [0.29, 0.717) is 5.41 Å². The molecule has 21 heavy (non-hydrogen) atoms. The van der Waals surface area contributed by atoms with Gasteiger partial charge in [-0.25, -0.2) is 0 Å². The summed E-state index contributed by atoms with van der Waals surface area (Å²) in [5, 5.41) is 3.48. The van der Waals surface area contributed by atoms with Gasteiger partial charge in [-0.15, -0.1) is 0 Å². The number of rotatable bonds is 6. The normalized spacial score (nSPS) is 34.0. The summed E-state index contributed by atoms with van der Waals surface area (Å²) >= 11 is 0. The minimum absolute atomic E-state index is 0.541. The summed E-state index contributed by atoms with van der Waals surface area (Å²) in [6, 6.07) is 0.758. The Morgan fingerprint density at radius 3 is 2.29 bits per heavy atom. The fourth-order valence-corrected chi connectivity index (χ4v) is 4.24. The first-order valence-corrected chi connectivity index (χ1v) is 9.19. The lowest BCUT2D eigenvalue weighted by molar-refractivity contribution is 0.0432. The molecule has 0 bridgehead atoms. The van der Waals surface area contributed by atoms with E-state index >= 15 is 0 Å². The van der Waals surface area contributed by atoms with Crippen LogP contribution in [-0.2, 0) is 0 Å². The quantitative estimate of drug-likeness (QED) is 0.813. The number of nitrogens with one attached hydrogen (secondary N) is 1. The fraction of sp³-hybridized carbons (Fsp3) is 1.00. The van der Waals surface area contributed by atoms with Crippen molar-refractivity contribution in [3.05, 3.63) is 0 Å². The summed E-state index contributed by atoms with van der Waals surface area (Å²) < 4.78 is 0. The Morgan fingerprint density at radius 2 is 1.76 bits per heavy atom. The van der Waals surface area contributed by atoms with Gasteiger partial charge in [0.1, 0.15) is 0 Å². The Bertz CT molecular complexity index is 289. The molecule has 0 radical (unpaired) electrons. The summed E-state index contributed by atoms with van der Waals surface area (Å²) in [6.07, 6.45) is 6.96. The second kappa shape index (κ2) is 7.94. The van der Waals surface area contributed by atoms with E-state index in [-0.39, 0.29) is 0 Å². The molecular weight excluding hydrogens is 258 g/mol. The molecule has 1 saturated carbocycles. The molecule has 0 aromatic rings. The molecule has 1 heterocycles. The van der Waals surface area contributed by atoms with Crippen LogP contribution in [0.15, 0.2) is 0 Å². The van der Waals surface area contributed by atoms with E-state index in [1.54, 1.807) is 0 Å². The van der Waals surface area contributed by atoms with E-state index in [1.807, 2.05) is 0 Å². The van der Waals surface area contributed by atoms with Gasteiger partial charge in [-0.2, -0.15) is 0 Å². The molecule has 2 fully saturated rings. The molecule has 124 valence electrons. The smallest absolute Gasteiger partial charge is 0.0113 e. The van der Waals surface area contributed by atoms with Crippen LogP contribution in [0.25, 0.3) is 0 Å². The Morgan fingerprint density at radius 1 is 1.14 bits per heavy atom. The van der Waals surface area contributed by atoms with Crippen molar-refractivity contribution in [2.75, 3.05) is 46.3 Å². The highest BCUT2D eigenvalue weighted by Crippen LogP contribution is 2.39. The highest BCUT2D eigenvalue weighted by Gasteiger charge is 2.36. The third-order valence-corrected chi connectivity index (χ3v) is 6.07. The molecule has 2 rings (SSSR count). The molecule has 0 aromatic carbocycles. The number of hydrogen-bond donors (Lipinski definition) is 1. The van der Waals surface area contributed by atoms with Crippen molar-refractivity contribution in [2.24, 2.45) is 11.3 Å². The van der Waals surface area contributed by atoms with Gasteiger partial charge in [0.05, 0.1) is 0 Å². The summed E-state index contributed by atoms with van der Waals surface area (Å²) in [6.45, 7) is 14.7. The molecule has 1 aliphatic carbocycles. The molecule has 3 nitrogen and oxygen atoms in total. The van der Waals surface area contributed by atoms with Crippen molar-refractivity contribution in [2.45, 2.75) is 58.9 Å². The average Bonchev–Trinajstić information content (AvgIpc) is 2.51. The molecule has 1 aliphatic heterocycles. The largest absolute Gasteiger partial charge is 0.319 e. The van der Waals surface area contributed by atoms with Crippen LogP contribution in [0.4, 0.5) is 0 Å². The first-order chi connectivity index (χ1) is 10.1. The van der Waals surface area contributed by atoms with E-state index in [0.717, 1.165) is 12.0 Å². The van der Waals surface area contributed by atoms with Crippen LogP contribution in [0, 0.1) is 11.3 Å². The van der Waals surface area contributed by atoms with Crippen molar-refractivity contribution in [1.29, 1.82) is 0 Å². The zero-order valence-electron chi connectivity index (χ0n) is 14.8. The molecule has 2 aliphatic rings. The van der Waals surface area contributed by atoms with Gasteiger partial charge in [0.15, 0.2) is 0 Å². The van der Waals surface area contributed by atoms with E-state index < -0.39 is 0 Å². The molecule has 1 atom stereocenters. The monoisotopic (exact) mass is 295 g/mol. The Kier molecular flexibility index (Phi) is 6.51. The predicted octanol–water partition coefficient (Wildman–Crippen LogP) is 2.82. The maximum absolute atomic E-state index is 3.48. The molecule has 0 aromatic heterocycles. The van der Waals surface area contributed by atoms with E-state index in [9.17, 15) is 0 Å². The topological polar surface area (TPSA) is 18.5 Å². The van der Waals surface area contributed by atoms with Crippen LogP contribution in [-0.4, -0.2) is 62.2 Å². The Hall–Kier alpha value is -0.120. The van der Waals surface area contributed by atoms with Gasteiger partial charge < -0.3 is 10.2 Å².